The van der Waals surface area contributed by atoms with Gasteiger partial charge >= 0.3 is 0 Å². The Morgan fingerprint density at radius 1 is 0.857 bits per heavy atom. The highest BCUT2D eigenvalue weighted by molar-refractivity contribution is 5.53. The van der Waals surface area contributed by atoms with Crippen molar-refractivity contribution in [1.29, 1.82) is 0 Å². The van der Waals surface area contributed by atoms with Crippen molar-refractivity contribution in [2.45, 2.75) is 0 Å². The summed E-state index contributed by atoms with van der Waals surface area (Å²) < 4.78 is 0. The van der Waals surface area contributed by atoms with E-state index in [0.717, 1.165) is 5.69 Å². The minimum atomic E-state index is -0.477. The third kappa shape index (κ3) is 6.30. The van der Waals surface area contributed by atoms with Gasteiger partial charge in [-0.2, -0.15) is 10.2 Å². The second kappa shape index (κ2) is 10.8. The molecule has 0 aliphatic rings. The summed E-state index contributed by atoms with van der Waals surface area (Å²) in [6.45, 7) is 1.53. The summed E-state index contributed by atoms with van der Waals surface area (Å²) in [6, 6.07) is 12.9. The Morgan fingerprint density at radius 2 is 1.32 bits per heavy atom. The summed E-state index contributed by atoms with van der Waals surface area (Å²) in [5.74, 6) is 0. The van der Waals surface area contributed by atoms with Gasteiger partial charge in [0.1, 0.15) is 0 Å². The maximum Gasteiger partial charge on any atom is 0.269 e. The summed E-state index contributed by atoms with van der Waals surface area (Å²) >= 11 is 0. The molecule has 0 radical (unpaired) electrons. The summed E-state index contributed by atoms with van der Waals surface area (Å²) in [5, 5.41) is 25.8. The molecule has 0 spiro atoms. The van der Waals surface area contributed by atoms with Crippen LogP contribution in [0, 0.1) is 10.1 Å². The molecule has 0 aliphatic carbocycles. The first-order valence-corrected chi connectivity index (χ1v) is 8.17. The van der Waals surface area contributed by atoms with Gasteiger partial charge in [-0.3, -0.25) is 10.1 Å². The molecule has 12 nitrogen and oxygen atoms in total. The number of azo groups is 1. The Hall–Kier alpha value is -4.14. The minimum absolute atomic E-state index is 0.00939. The highest BCUT2D eigenvalue weighted by Crippen LogP contribution is 2.23. The number of hydrogen-bond donors (Lipinski definition) is 0. The lowest BCUT2D eigenvalue weighted by Crippen LogP contribution is -2.28. The number of benzene rings is 2. The Labute approximate surface area is 159 Å². The van der Waals surface area contributed by atoms with Crippen LogP contribution in [0.5, 0.6) is 0 Å². The first kappa shape index (κ1) is 20.2. The van der Waals surface area contributed by atoms with Crippen LogP contribution in [0.25, 0.3) is 20.9 Å². The molecule has 0 atom stereocenters. The zero-order valence-electron chi connectivity index (χ0n) is 14.7. The van der Waals surface area contributed by atoms with Crippen LogP contribution in [-0.4, -0.2) is 31.1 Å². The first-order valence-electron chi connectivity index (χ1n) is 8.17. The largest absolute Gasteiger partial charge is 0.371 e. The Kier molecular flexibility index (Phi) is 7.75. The van der Waals surface area contributed by atoms with Crippen LogP contribution >= 0.6 is 0 Å². The molecule has 0 amide bonds. The van der Waals surface area contributed by atoms with Gasteiger partial charge in [0, 0.05) is 53.8 Å². The predicted octanol–water partition coefficient (Wildman–Crippen LogP) is 5.44. The van der Waals surface area contributed by atoms with E-state index in [4.69, 9.17) is 11.1 Å². The molecule has 0 unspecified atom stereocenters. The van der Waals surface area contributed by atoms with E-state index in [1.165, 1.54) is 24.3 Å². The number of azide groups is 2. The third-order valence-electron chi connectivity index (χ3n) is 3.62. The van der Waals surface area contributed by atoms with E-state index < -0.39 is 4.92 Å². The van der Waals surface area contributed by atoms with Crippen LogP contribution < -0.4 is 4.90 Å². The van der Waals surface area contributed by atoms with Crippen molar-refractivity contribution >= 4 is 22.7 Å². The molecule has 0 bridgehead atoms. The minimum Gasteiger partial charge on any atom is -0.371 e. The zero-order valence-corrected chi connectivity index (χ0v) is 14.7. The molecular formula is C16H16N10O2. The SMILES string of the molecule is [N-]=[N+]=NCCN(CCN=[N+]=[N-])c1ccc(N=Nc2ccc([N+](=O)[O-])cc2)cc1. The highest BCUT2D eigenvalue weighted by Gasteiger charge is 2.06. The number of nitro groups is 1. The van der Waals surface area contributed by atoms with Gasteiger partial charge in [-0.05, 0) is 47.5 Å². The second-order valence-corrected chi connectivity index (χ2v) is 5.39. The van der Waals surface area contributed by atoms with Gasteiger partial charge in [-0.15, -0.1) is 0 Å². The van der Waals surface area contributed by atoms with Crippen LogP contribution in [0.1, 0.15) is 0 Å². The lowest BCUT2D eigenvalue weighted by atomic mass is 10.2. The van der Waals surface area contributed by atoms with Crippen LogP contribution in [0.3, 0.4) is 0 Å². The average molecular weight is 380 g/mol. The van der Waals surface area contributed by atoms with Gasteiger partial charge in [0.2, 0.25) is 0 Å². The number of anilines is 1. The van der Waals surface area contributed by atoms with Gasteiger partial charge < -0.3 is 4.90 Å². The Balaban J connectivity index is 2.06. The smallest absolute Gasteiger partial charge is 0.269 e. The molecule has 0 N–H and O–H groups in total. The van der Waals surface area contributed by atoms with Crippen molar-refractivity contribution in [3.05, 3.63) is 79.5 Å². The standard InChI is InChI=1S/C16H16N10O2/c17-23-19-9-11-25(12-10-20-24-18)15-5-1-13(2-6-15)21-22-14-3-7-16(8-4-14)26(27)28/h1-8H,9-12H2. The van der Waals surface area contributed by atoms with Gasteiger partial charge in [-0.25, -0.2) is 0 Å². The highest BCUT2D eigenvalue weighted by atomic mass is 16.6. The van der Waals surface area contributed by atoms with Crippen molar-refractivity contribution in [2.75, 3.05) is 31.1 Å². The summed E-state index contributed by atoms with van der Waals surface area (Å²) in [4.78, 5) is 17.6. The summed E-state index contributed by atoms with van der Waals surface area (Å²) in [7, 11) is 0. The van der Waals surface area contributed by atoms with Crippen molar-refractivity contribution in [1.82, 2.24) is 0 Å². The van der Waals surface area contributed by atoms with Crippen LogP contribution in [0.2, 0.25) is 0 Å². The molecule has 0 aromatic heterocycles. The molecule has 2 aromatic rings. The summed E-state index contributed by atoms with van der Waals surface area (Å²) in [5.41, 5.74) is 18.8. The van der Waals surface area contributed by atoms with E-state index in [0.29, 0.717) is 24.5 Å². The van der Waals surface area contributed by atoms with Gasteiger partial charge in [-0.1, -0.05) is 10.2 Å². The molecular weight excluding hydrogens is 364 g/mol. The van der Waals surface area contributed by atoms with Crippen molar-refractivity contribution in [2.24, 2.45) is 20.5 Å². The monoisotopic (exact) mass is 380 g/mol. The van der Waals surface area contributed by atoms with Crippen LogP contribution in [-0.2, 0) is 0 Å². The number of rotatable bonds is 10. The van der Waals surface area contributed by atoms with Crippen LogP contribution in [0.15, 0.2) is 69.0 Å². The molecule has 0 aliphatic heterocycles. The zero-order chi connectivity index (χ0) is 20.2. The van der Waals surface area contributed by atoms with E-state index in [1.54, 1.807) is 12.1 Å². The lowest BCUT2D eigenvalue weighted by molar-refractivity contribution is -0.384. The van der Waals surface area contributed by atoms with Gasteiger partial charge in [0.05, 0.1) is 16.3 Å². The summed E-state index contributed by atoms with van der Waals surface area (Å²) in [6.07, 6.45) is 0. The molecule has 2 rings (SSSR count). The average Bonchev–Trinajstić information content (AvgIpc) is 2.72. The molecule has 0 saturated heterocycles. The van der Waals surface area contributed by atoms with Gasteiger partial charge in [0.25, 0.3) is 5.69 Å². The van der Waals surface area contributed by atoms with E-state index in [2.05, 4.69) is 30.3 Å². The molecule has 2 aromatic carbocycles. The number of nitro benzene ring substituents is 1. The fourth-order valence-corrected chi connectivity index (χ4v) is 2.28. The van der Waals surface area contributed by atoms with E-state index in [1.807, 2.05) is 17.0 Å². The van der Waals surface area contributed by atoms with E-state index >= 15 is 0 Å². The third-order valence-corrected chi connectivity index (χ3v) is 3.62. The first-order chi connectivity index (χ1) is 13.6. The quantitative estimate of drug-likeness (QED) is 0.176. The fourth-order valence-electron chi connectivity index (χ4n) is 2.28. The molecule has 0 saturated carbocycles. The van der Waals surface area contributed by atoms with Crippen LogP contribution in [0.4, 0.5) is 22.7 Å². The van der Waals surface area contributed by atoms with E-state index in [9.17, 15) is 10.1 Å². The number of non-ortho nitro benzene ring substituents is 1. The number of nitrogens with zero attached hydrogens (tertiary/aromatic N) is 10. The Bertz CT molecular complexity index is 891. The molecule has 0 heterocycles. The lowest BCUT2D eigenvalue weighted by Gasteiger charge is -2.23. The second-order valence-electron chi connectivity index (χ2n) is 5.39. The van der Waals surface area contributed by atoms with Crippen molar-refractivity contribution in [3.63, 3.8) is 0 Å². The van der Waals surface area contributed by atoms with E-state index in [-0.39, 0.29) is 18.8 Å². The van der Waals surface area contributed by atoms with Gasteiger partial charge in [0.15, 0.2) is 0 Å². The molecule has 142 valence electrons. The topological polar surface area (TPSA) is 169 Å². The fraction of sp³-hybridized carbons (Fsp3) is 0.250. The van der Waals surface area contributed by atoms with Crippen molar-refractivity contribution in [3.8, 4) is 0 Å². The molecule has 28 heavy (non-hydrogen) atoms. The number of hydrogen-bond acceptors (Lipinski definition) is 7. The molecule has 12 heteroatoms. The Morgan fingerprint density at radius 3 is 1.75 bits per heavy atom. The van der Waals surface area contributed by atoms with Crippen molar-refractivity contribution < 1.29 is 4.92 Å². The predicted molar refractivity (Wildman–Crippen MR) is 104 cm³/mol. The maximum atomic E-state index is 10.6. The maximum absolute atomic E-state index is 10.6. The molecule has 0 fully saturated rings. The normalized spacial score (nSPS) is 10.1.